The van der Waals surface area contributed by atoms with Crippen molar-refractivity contribution < 1.29 is 9.53 Å². The van der Waals surface area contributed by atoms with Crippen LogP contribution in [-0.4, -0.2) is 42.7 Å². The Labute approximate surface area is 107 Å². The highest BCUT2D eigenvalue weighted by Gasteiger charge is 2.07. The Balaban J connectivity index is 2.48. The number of rotatable bonds is 8. The molecule has 0 aliphatic heterocycles. The van der Waals surface area contributed by atoms with Crippen molar-refractivity contribution in [1.82, 2.24) is 15.3 Å². The van der Waals surface area contributed by atoms with Crippen LogP contribution >= 0.6 is 0 Å². The third kappa shape index (κ3) is 5.09. The number of hydrogen-bond donors (Lipinski definition) is 2. The van der Waals surface area contributed by atoms with Gasteiger partial charge in [-0.15, -0.1) is 0 Å². The molecule has 0 unspecified atom stereocenters. The predicted octanol–water partition coefficient (Wildman–Crippen LogP) is 1.06. The van der Waals surface area contributed by atoms with Crippen LogP contribution in [0, 0.1) is 0 Å². The molecule has 0 spiro atoms. The Kier molecular flexibility index (Phi) is 6.71. The molecular formula is C12H20N4O2. The molecule has 0 atom stereocenters. The molecule has 1 amide bonds. The Morgan fingerprint density at radius 2 is 2.22 bits per heavy atom. The van der Waals surface area contributed by atoms with Gasteiger partial charge in [-0.2, -0.15) is 0 Å². The molecule has 1 aromatic heterocycles. The van der Waals surface area contributed by atoms with Gasteiger partial charge in [0.15, 0.2) is 0 Å². The van der Waals surface area contributed by atoms with Gasteiger partial charge in [0.2, 0.25) is 0 Å². The third-order valence-electron chi connectivity index (χ3n) is 2.27. The molecule has 0 fully saturated rings. The zero-order valence-electron chi connectivity index (χ0n) is 10.9. The predicted molar refractivity (Wildman–Crippen MR) is 69.6 cm³/mol. The minimum absolute atomic E-state index is 0.167. The van der Waals surface area contributed by atoms with Gasteiger partial charge in [-0.1, -0.05) is 6.92 Å². The zero-order valence-corrected chi connectivity index (χ0v) is 10.9. The third-order valence-corrected chi connectivity index (χ3v) is 2.27. The molecule has 1 aromatic rings. The van der Waals surface area contributed by atoms with Gasteiger partial charge in [0, 0.05) is 32.9 Å². The molecule has 0 aliphatic rings. The summed E-state index contributed by atoms with van der Waals surface area (Å²) in [4.78, 5) is 19.7. The number of hydrogen-bond acceptors (Lipinski definition) is 5. The summed E-state index contributed by atoms with van der Waals surface area (Å²) in [5, 5.41) is 5.89. The summed E-state index contributed by atoms with van der Waals surface area (Å²) in [5.41, 5.74) is 0.382. The normalized spacial score (nSPS) is 10.1. The maximum atomic E-state index is 11.7. The minimum atomic E-state index is -0.167. The molecule has 0 saturated heterocycles. The Bertz CT molecular complexity index is 371. The van der Waals surface area contributed by atoms with E-state index in [2.05, 4.69) is 20.6 Å². The standard InChI is InChI=1S/C12H20N4O2/c1-3-5-14-12(17)10-8-11(16-9-15-10)13-6-4-7-18-2/h8-9H,3-7H2,1-2H3,(H,14,17)(H,13,15,16). The van der Waals surface area contributed by atoms with Crippen LogP contribution in [-0.2, 0) is 4.74 Å². The van der Waals surface area contributed by atoms with Crippen LogP contribution in [0.4, 0.5) is 5.82 Å². The number of aromatic nitrogens is 2. The first-order valence-corrected chi connectivity index (χ1v) is 6.11. The Morgan fingerprint density at radius 3 is 2.94 bits per heavy atom. The number of amides is 1. The lowest BCUT2D eigenvalue weighted by atomic mass is 10.3. The lowest BCUT2D eigenvalue weighted by Gasteiger charge is -2.06. The van der Waals surface area contributed by atoms with Crippen molar-refractivity contribution in [3.8, 4) is 0 Å². The molecule has 6 nitrogen and oxygen atoms in total. The molecule has 100 valence electrons. The molecular weight excluding hydrogens is 232 g/mol. The number of carbonyl (C=O) groups is 1. The van der Waals surface area contributed by atoms with Gasteiger partial charge in [0.05, 0.1) is 0 Å². The SMILES string of the molecule is CCCNC(=O)c1cc(NCCCOC)ncn1. The van der Waals surface area contributed by atoms with E-state index in [-0.39, 0.29) is 5.91 Å². The highest BCUT2D eigenvalue weighted by molar-refractivity contribution is 5.92. The second-order valence-electron chi connectivity index (χ2n) is 3.82. The number of nitrogens with zero attached hydrogens (tertiary/aromatic N) is 2. The van der Waals surface area contributed by atoms with Crippen molar-refractivity contribution in [3.63, 3.8) is 0 Å². The van der Waals surface area contributed by atoms with Gasteiger partial charge in [0.1, 0.15) is 17.8 Å². The summed E-state index contributed by atoms with van der Waals surface area (Å²) in [6, 6.07) is 1.65. The monoisotopic (exact) mass is 252 g/mol. The van der Waals surface area contributed by atoms with E-state index in [1.54, 1.807) is 13.2 Å². The van der Waals surface area contributed by atoms with Gasteiger partial charge in [-0.25, -0.2) is 9.97 Å². The quantitative estimate of drug-likeness (QED) is 0.677. The van der Waals surface area contributed by atoms with Crippen LogP contribution in [0.3, 0.4) is 0 Å². The first kappa shape index (κ1) is 14.4. The average Bonchev–Trinajstić information content (AvgIpc) is 2.41. The van der Waals surface area contributed by atoms with Crippen LogP contribution < -0.4 is 10.6 Å². The molecule has 2 N–H and O–H groups in total. The van der Waals surface area contributed by atoms with Crippen molar-refractivity contribution in [1.29, 1.82) is 0 Å². The summed E-state index contributed by atoms with van der Waals surface area (Å²) in [6.07, 6.45) is 3.18. The van der Waals surface area contributed by atoms with Gasteiger partial charge in [-0.05, 0) is 12.8 Å². The van der Waals surface area contributed by atoms with E-state index in [9.17, 15) is 4.79 Å². The molecule has 1 heterocycles. The number of ether oxygens (including phenoxy) is 1. The molecule has 18 heavy (non-hydrogen) atoms. The van der Waals surface area contributed by atoms with E-state index in [1.807, 2.05) is 6.92 Å². The van der Waals surface area contributed by atoms with Crippen molar-refractivity contribution in [2.45, 2.75) is 19.8 Å². The van der Waals surface area contributed by atoms with E-state index in [4.69, 9.17) is 4.74 Å². The summed E-state index contributed by atoms with van der Waals surface area (Å²) >= 11 is 0. The fraction of sp³-hybridized carbons (Fsp3) is 0.583. The topological polar surface area (TPSA) is 76.1 Å². The molecule has 1 rings (SSSR count). The van der Waals surface area contributed by atoms with Crippen LogP contribution in [0.1, 0.15) is 30.3 Å². The molecule has 0 saturated carbocycles. The summed E-state index contributed by atoms with van der Waals surface area (Å²) in [5.74, 6) is 0.488. The fourth-order valence-corrected chi connectivity index (χ4v) is 1.34. The lowest BCUT2D eigenvalue weighted by molar-refractivity contribution is 0.0948. The van der Waals surface area contributed by atoms with E-state index < -0.39 is 0 Å². The van der Waals surface area contributed by atoms with Gasteiger partial charge >= 0.3 is 0 Å². The van der Waals surface area contributed by atoms with Crippen molar-refractivity contribution in [3.05, 3.63) is 18.1 Å². The second-order valence-corrected chi connectivity index (χ2v) is 3.82. The van der Waals surface area contributed by atoms with Gasteiger partial charge < -0.3 is 15.4 Å². The largest absolute Gasteiger partial charge is 0.385 e. The Morgan fingerprint density at radius 1 is 1.39 bits per heavy atom. The first-order valence-electron chi connectivity index (χ1n) is 6.11. The number of anilines is 1. The van der Waals surface area contributed by atoms with Gasteiger partial charge in [-0.3, -0.25) is 4.79 Å². The van der Waals surface area contributed by atoms with Crippen molar-refractivity contribution >= 4 is 11.7 Å². The molecule has 6 heteroatoms. The number of nitrogens with one attached hydrogen (secondary N) is 2. The maximum Gasteiger partial charge on any atom is 0.270 e. The number of methoxy groups -OCH3 is 1. The van der Waals surface area contributed by atoms with Crippen LogP contribution in [0.25, 0.3) is 0 Å². The van der Waals surface area contributed by atoms with E-state index >= 15 is 0 Å². The molecule has 0 bridgehead atoms. The summed E-state index contributed by atoms with van der Waals surface area (Å²) in [6.45, 7) is 4.10. The smallest absolute Gasteiger partial charge is 0.270 e. The van der Waals surface area contributed by atoms with Crippen LogP contribution in [0.2, 0.25) is 0 Å². The summed E-state index contributed by atoms with van der Waals surface area (Å²) in [7, 11) is 1.67. The first-order chi connectivity index (χ1) is 8.77. The van der Waals surface area contributed by atoms with Crippen molar-refractivity contribution in [2.75, 3.05) is 32.1 Å². The molecule has 0 aromatic carbocycles. The molecule has 0 radical (unpaired) electrons. The number of carbonyl (C=O) groups excluding carboxylic acids is 1. The second kappa shape index (κ2) is 8.41. The van der Waals surface area contributed by atoms with E-state index in [0.29, 0.717) is 24.7 Å². The zero-order chi connectivity index (χ0) is 13.2. The van der Waals surface area contributed by atoms with Gasteiger partial charge in [0.25, 0.3) is 5.91 Å². The highest BCUT2D eigenvalue weighted by atomic mass is 16.5. The van der Waals surface area contributed by atoms with E-state index in [1.165, 1.54) is 6.33 Å². The lowest BCUT2D eigenvalue weighted by Crippen LogP contribution is -2.25. The van der Waals surface area contributed by atoms with Crippen LogP contribution in [0.15, 0.2) is 12.4 Å². The fourth-order valence-electron chi connectivity index (χ4n) is 1.34. The maximum absolute atomic E-state index is 11.7. The van der Waals surface area contributed by atoms with Crippen LogP contribution in [0.5, 0.6) is 0 Å². The van der Waals surface area contributed by atoms with Crippen molar-refractivity contribution in [2.24, 2.45) is 0 Å². The average molecular weight is 252 g/mol. The van der Waals surface area contributed by atoms with E-state index in [0.717, 1.165) is 19.4 Å². The minimum Gasteiger partial charge on any atom is -0.385 e. The highest BCUT2D eigenvalue weighted by Crippen LogP contribution is 2.03. The Hall–Kier alpha value is -1.69. The molecule has 0 aliphatic carbocycles. The summed E-state index contributed by atoms with van der Waals surface area (Å²) < 4.78 is 4.95.